The van der Waals surface area contributed by atoms with Crippen LogP contribution in [0, 0.1) is 0 Å². The molecule has 0 bridgehead atoms. The SMILES string of the molecule is CCNc1ccc(Cl)c(C(=O)NCCS(=O)(=O)N(C)C)n1. The predicted molar refractivity (Wildman–Crippen MR) is 83.2 cm³/mol. The molecule has 7 nitrogen and oxygen atoms in total. The number of hydrogen-bond donors (Lipinski definition) is 2. The molecule has 0 radical (unpaired) electrons. The first kappa shape index (κ1) is 17.7. The van der Waals surface area contributed by atoms with Crippen molar-refractivity contribution in [3.63, 3.8) is 0 Å². The average molecular weight is 335 g/mol. The van der Waals surface area contributed by atoms with Gasteiger partial charge in [-0.05, 0) is 19.1 Å². The topological polar surface area (TPSA) is 91.4 Å². The van der Waals surface area contributed by atoms with Gasteiger partial charge in [-0.25, -0.2) is 17.7 Å². The van der Waals surface area contributed by atoms with Gasteiger partial charge < -0.3 is 10.6 Å². The van der Waals surface area contributed by atoms with Crippen molar-refractivity contribution in [2.75, 3.05) is 38.3 Å². The maximum absolute atomic E-state index is 12.0. The van der Waals surface area contributed by atoms with E-state index in [1.165, 1.54) is 14.1 Å². The van der Waals surface area contributed by atoms with E-state index in [4.69, 9.17) is 11.6 Å². The summed E-state index contributed by atoms with van der Waals surface area (Å²) < 4.78 is 24.3. The number of aromatic nitrogens is 1. The van der Waals surface area contributed by atoms with Crippen LogP contribution in [0.5, 0.6) is 0 Å². The van der Waals surface area contributed by atoms with Gasteiger partial charge in [0.1, 0.15) is 11.5 Å². The molecule has 0 saturated carbocycles. The molecule has 21 heavy (non-hydrogen) atoms. The van der Waals surface area contributed by atoms with Gasteiger partial charge in [0.05, 0.1) is 10.8 Å². The van der Waals surface area contributed by atoms with Gasteiger partial charge in [-0.15, -0.1) is 0 Å². The summed E-state index contributed by atoms with van der Waals surface area (Å²) in [6.45, 7) is 2.56. The second-order valence-corrected chi connectivity index (χ2v) is 7.12. The molecule has 0 aliphatic carbocycles. The van der Waals surface area contributed by atoms with E-state index in [9.17, 15) is 13.2 Å². The lowest BCUT2D eigenvalue weighted by molar-refractivity contribution is 0.0951. The van der Waals surface area contributed by atoms with Gasteiger partial charge in [0, 0.05) is 27.2 Å². The number of nitrogens with zero attached hydrogens (tertiary/aromatic N) is 2. The number of hydrogen-bond acceptors (Lipinski definition) is 5. The van der Waals surface area contributed by atoms with Gasteiger partial charge >= 0.3 is 0 Å². The smallest absolute Gasteiger partial charge is 0.271 e. The van der Waals surface area contributed by atoms with E-state index < -0.39 is 15.9 Å². The molecule has 0 atom stereocenters. The zero-order chi connectivity index (χ0) is 16.0. The molecular weight excluding hydrogens is 316 g/mol. The molecule has 0 aliphatic heterocycles. The zero-order valence-corrected chi connectivity index (χ0v) is 13.8. The van der Waals surface area contributed by atoms with Crippen LogP contribution in [0.3, 0.4) is 0 Å². The van der Waals surface area contributed by atoms with Crippen molar-refractivity contribution in [3.8, 4) is 0 Å². The fraction of sp³-hybridized carbons (Fsp3) is 0.500. The number of carbonyl (C=O) groups is 1. The lowest BCUT2D eigenvalue weighted by Crippen LogP contribution is -2.34. The second kappa shape index (κ2) is 7.58. The van der Waals surface area contributed by atoms with Crippen LogP contribution in [0.2, 0.25) is 5.02 Å². The molecule has 0 fully saturated rings. The second-order valence-electron chi connectivity index (χ2n) is 4.41. The zero-order valence-electron chi connectivity index (χ0n) is 12.2. The number of carbonyl (C=O) groups excluding carboxylic acids is 1. The van der Waals surface area contributed by atoms with E-state index in [-0.39, 0.29) is 23.0 Å². The Balaban J connectivity index is 2.70. The number of amides is 1. The molecule has 2 N–H and O–H groups in total. The van der Waals surface area contributed by atoms with Crippen LogP contribution in [0.1, 0.15) is 17.4 Å². The van der Waals surface area contributed by atoms with E-state index in [1.807, 2.05) is 6.92 Å². The highest BCUT2D eigenvalue weighted by atomic mass is 35.5. The summed E-state index contributed by atoms with van der Waals surface area (Å²) in [5.41, 5.74) is 0.0670. The van der Waals surface area contributed by atoms with E-state index in [1.54, 1.807) is 12.1 Å². The summed E-state index contributed by atoms with van der Waals surface area (Å²) in [6, 6.07) is 3.23. The number of sulfonamides is 1. The normalized spacial score (nSPS) is 11.5. The quantitative estimate of drug-likeness (QED) is 0.769. The minimum Gasteiger partial charge on any atom is -0.370 e. The maximum atomic E-state index is 12.0. The van der Waals surface area contributed by atoms with Crippen molar-refractivity contribution in [1.82, 2.24) is 14.6 Å². The Morgan fingerprint density at radius 3 is 2.62 bits per heavy atom. The van der Waals surface area contributed by atoms with Crippen molar-refractivity contribution in [2.24, 2.45) is 0 Å². The summed E-state index contributed by atoms with van der Waals surface area (Å²) in [6.07, 6.45) is 0. The van der Waals surface area contributed by atoms with Gasteiger partial charge in [-0.3, -0.25) is 4.79 Å². The molecule has 1 heterocycles. The Hall–Kier alpha value is -1.38. The maximum Gasteiger partial charge on any atom is 0.271 e. The number of pyridine rings is 1. The molecule has 0 aliphatic rings. The predicted octanol–water partition coefficient (Wildman–Crippen LogP) is 0.788. The molecule has 1 amide bonds. The lowest BCUT2D eigenvalue weighted by Gasteiger charge is -2.12. The summed E-state index contributed by atoms with van der Waals surface area (Å²) in [7, 11) is -0.470. The third-order valence-electron chi connectivity index (χ3n) is 2.62. The third-order valence-corrected chi connectivity index (χ3v) is 4.76. The molecule has 0 unspecified atom stereocenters. The van der Waals surface area contributed by atoms with Gasteiger partial charge in [-0.2, -0.15) is 0 Å². The molecule has 9 heteroatoms. The summed E-state index contributed by atoms with van der Waals surface area (Å²) in [5.74, 6) is -0.155. The number of anilines is 1. The monoisotopic (exact) mass is 334 g/mol. The van der Waals surface area contributed by atoms with E-state index in [2.05, 4.69) is 15.6 Å². The summed E-state index contributed by atoms with van der Waals surface area (Å²) >= 11 is 5.93. The minimum atomic E-state index is -3.35. The highest BCUT2D eigenvalue weighted by Gasteiger charge is 2.16. The van der Waals surface area contributed by atoms with Crippen LogP contribution in [-0.2, 0) is 10.0 Å². The Morgan fingerprint density at radius 2 is 2.05 bits per heavy atom. The summed E-state index contributed by atoms with van der Waals surface area (Å²) in [5, 5.41) is 5.69. The van der Waals surface area contributed by atoms with Crippen molar-refractivity contribution >= 4 is 33.3 Å². The molecular formula is C12H19ClN4O3S. The Bertz CT molecular complexity index is 605. The first-order chi connectivity index (χ1) is 9.77. The van der Waals surface area contributed by atoms with Gasteiger partial charge in [0.25, 0.3) is 5.91 Å². The van der Waals surface area contributed by atoms with Crippen LogP contribution >= 0.6 is 11.6 Å². The minimum absolute atomic E-state index is 0.0111. The van der Waals surface area contributed by atoms with Crippen LogP contribution in [-0.4, -0.2) is 56.6 Å². The standard InChI is InChI=1S/C12H19ClN4O3S/c1-4-14-10-6-5-9(13)11(16-10)12(18)15-7-8-21(19,20)17(2)3/h5-6H,4,7-8H2,1-3H3,(H,14,16)(H,15,18). The van der Waals surface area contributed by atoms with Gasteiger partial charge in [-0.1, -0.05) is 11.6 Å². The largest absolute Gasteiger partial charge is 0.370 e. The Kier molecular flexibility index (Phi) is 6.38. The number of rotatable bonds is 7. The van der Waals surface area contributed by atoms with Crippen LogP contribution < -0.4 is 10.6 Å². The average Bonchev–Trinajstić information content (AvgIpc) is 2.40. The molecule has 1 aromatic rings. The molecule has 1 aromatic heterocycles. The van der Waals surface area contributed by atoms with Crippen molar-refractivity contribution in [3.05, 3.63) is 22.8 Å². The Morgan fingerprint density at radius 1 is 1.38 bits per heavy atom. The van der Waals surface area contributed by atoms with Crippen molar-refractivity contribution < 1.29 is 13.2 Å². The lowest BCUT2D eigenvalue weighted by atomic mass is 10.3. The van der Waals surface area contributed by atoms with E-state index in [0.29, 0.717) is 12.4 Å². The van der Waals surface area contributed by atoms with Crippen molar-refractivity contribution in [2.45, 2.75) is 6.92 Å². The molecule has 1 rings (SSSR count). The fourth-order valence-corrected chi connectivity index (χ4v) is 2.36. The first-order valence-electron chi connectivity index (χ1n) is 6.36. The molecule has 0 aromatic carbocycles. The molecule has 0 spiro atoms. The highest BCUT2D eigenvalue weighted by Crippen LogP contribution is 2.16. The van der Waals surface area contributed by atoms with Crippen LogP contribution in [0.15, 0.2) is 12.1 Å². The first-order valence-corrected chi connectivity index (χ1v) is 8.35. The van der Waals surface area contributed by atoms with Gasteiger partial charge in [0.15, 0.2) is 0 Å². The summed E-state index contributed by atoms with van der Waals surface area (Å²) in [4.78, 5) is 16.1. The third kappa shape index (κ3) is 5.14. The van der Waals surface area contributed by atoms with Crippen LogP contribution in [0.25, 0.3) is 0 Å². The Labute approximate surface area is 129 Å². The highest BCUT2D eigenvalue weighted by molar-refractivity contribution is 7.89. The van der Waals surface area contributed by atoms with E-state index >= 15 is 0 Å². The van der Waals surface area contributed by atoms with Crippen LogP contribution in [0.4, 0.5) is 5.82 Å². The van der Waals surface area contributed by atoms with Gasteiger partial charge in [0.2, 0.25) is 10.0 Å². The fourth-order valence-electron chi connectivity index (χ4n) is 1.44. The molecule has 0 saturated heterocycles. The van der Waals surface area contributed by atoms with Crippen molar-refractivity contribution in [1.29, 1.82) is 0 Å². The molecule has 118 valence electrons. The number of halogens is 1. The van der Waals surface area contributed by atoms with E-state index in [0.717, 1.165) is 4.31 Å². The number of nitrogens with one attached hydrogen (secondary N) is 2.